The molecular weight excluding hydrogens is 410 g/mol. The maximum Gasteiger partial charge on any atom is 0.325 e. The van der Waals surface area contributed by atoms with Crippen molar-refractivity contribution in [3.8, 4) is 0 Å². The van der Waals surface area contributed by atoms with Crippen LogP contribution in [0.5, 0.6) is 0 Å². The number of aromatic nitrogens is 1. The lowest BCUT2D eigenvalue weighted by Gasteiger charge is -2.19. The van der Waals surface area contributed by atoms with Gasteiger partial charge in [-0.25, -0.2) is 4.79 Å². The van der Waals surface area contributed by atoms with Crippen molar-refractivity contribution in [1.29, 1.82) is 0 Å². The fourth-order valence-electron chi connectivity index (χ4n) is 4.52. The lowest BCUT2D eigenvalue weighted by atomic mass is 9.98. The van der Waals surface area contributed by atoms with E-state index in [9.17, 15) is 14.4 Å². The van der Waals surface area contributed by atoms with Crippen LogP contribution in [0.3, 0.4) is 0 Å². The van der Waals surface area contributed by atoms with Crippen LogP contribution in [0.15, 0.2) is 40.8 Å². The number of carbonyl (C=O) groups is 3. The van der Waals surface area contributed by atoms with Gasteiger partial charge >= 0.3 is 6.03 Å². The Morgan fingerprint density at radius 1 is 1.22 bits per heavy atom. The highest BCUT2D eigenvalue weighted by Crippen LogP contribution is 2.33. The van der Waals surface area contributed by atoms with Crippen molar-refractivity contribution < 1.29 is 23.5 Å². The minimum atomic E-state index is -1.37. The number of fused-ring (bicyclic) bond motifs is 1. The van der Waals surface area contributed by atoms with E-state index in [1.54, 1.807) is 32.2 Å². The Balaban J connectivity index is 1.59. The number of rotatable bonds is 7. The Kier molecular flexibility index (Phi) is 5.42. The number of urea groups is 1. The van der Waals surface area contributed by atoms with Gasteiger partial charge < -0.3 is 19.0 Å². The molecule has 0 radical (unpaired) electrons. The molecule has 3 heterocycles. The van der Waals surface area contributed by atoms with E-state index in [-0.39, 0.29) is 18.4 Å². The summed E-state index contributed by atoms with van der Waals surface area (Å²) in [7, 11) is 1.63. The Morgan fingerprint density at radius 3 is 2.62 bits per heavy atom. The molecule has 0 unspecified atom stereocenters. The minimum Gasteiger partial charge on any atom is -0.458 e. The summed E-state index contributed by atoms with van der Waals surface area (Å²) in [6.07, 6.45) is 0. The summed E-state index contributed by atoms with van der Waals surface area (Å²) in [6, 6.07) is 10.3. The molecule has 0 saturated carbocycles. The first-order chi connectivity index (χ1) is 15.2. The van der Waals surface area contributed by atoms with Crippen molar-refractivity contribution in [1.82, 2.24) is 14.8 Å². The second-order valence-electron chi connectivity index (χ2n) is 8.48. The van der Waals surface area contributed by atoms with Crippen molar-refractivity contribution in [2.24, 2.45) is 0 Å². The summed E-state index contributed by atoms with van der Waals surface area (Å²) in [5.74, 6) is -0.485. The third kappa shape index (κ3) is 3.40. The predicted molar refractivity (Wildman–Crippen MR) is 119 cm³/mol. The molecule has 3 amide bonds. The number of hydrogen-bond donors (Lipinski definition) is 1. The van der Waals surface area contributed by atoms with E-state index in [0.717, 1.165) is 21.7 Å². The summed E-state index contributed by atoms with van der Waals surface area (Å²) >= 11 is 0. The van der Waals surface area contributed by atoms with Crippen molar-refractivity contribution >= 4 is 28.7 Å². The Bertz CT molecular complexity index is 1190. The predicted octanol–water partition coefficient (Wildman–Crippen LogP) is 3.71. The zero-order valence-electron chi connectivity index (χ0n) is 18.9. The highest BCUT2D eigenvalue weighted by molar-refractivity contribution is 6.11. The minimum absolute atomic E-state index is 0.0506. The first-order valence-electron chi connectivity index (χ1n) is 10.5. The lowest BCUT2D eigenvalue weighted by molar-refractivity contribution is -0.131. The molecule has 1 aromatic carbocycles. The zero-order chi connectivity index (χ0) is 23.2. The van der Waals surface area contributed by atoms with Crippen LogP contribution in [-0.4, -0.2) is 47.4 Å². The van der Waals surface area contributed by atoms with Gasteiger partial charge in [-0.15, -0.1) is 0 Å². The van der Waals surface area contributed by atoms with Gasteiger partial charge in [0.2, 0.25) is 0 Å². The molecule has 2 aromatic heterocycles. The van der Waals surface area contributed by atoms with Crippen molar-refractivity contribution in [2.75, 3.05) is 20.3 Å². The maximum absolute atomic E-state index is 13.2. The number of nitrogens with zero attached hydrogens (tertiary/aromatic N) is 2. The monoisotopic (exact) mass is 437 g/mol. The highest BCUT2D eigenvalue weighted by atomic mass is 16.5. The summed E-state index contributed by atoms with van der Waals surface area (Å²) in [6.45, 7) is 7.54. The zero-order valence-corrected chi connectivity index (χ0v) is 18.9. The highest BCUT2D eigenvalue weighted by Gasteiger charge is 2.51. The number of aryl methyl sites for hydroxylation is 1. The molecule has 2 atom stereocenters. The summed E-state index contributed by atoms with van der Waals surface area (Å²) < 4.78 is 13.1. The number of ether oxygens (including phenoxy) is 1. The number of ketones is 1. The quantitative estimate of drug-likeness (QED) is 0.449. The average Bonchev–Trinajstić information content (AvgIpc) is 3.37. The SMILES string of the molecule is COC[C@@H](C)n1c(C)cc(C(=O)CN2C(=O)N[C@@](C)(c3cc4ccccc4o3)C2=O)c1C. The second kappa shape index (κ2) is 7.94. The first-order valence-corrected chi connectivity index (χ1v) is 10.5. The Labute approximate surface area is 186 Å². The fraction of sp³-hybridized carbons (Fsp3) is 0.375. The van der Waals surface area contributed by atoms with Crippen LogP contribution in [-0.2, 0) is 15.1 Å². The molecule has 168 valence electrons. The van der Waals surface area contributed by atoms with Gasteiger partial charge in [0.05, 0.1) is 19.2 Å². The van der Waals surface area contributed by atoms with Crippen molar-refractivity contribution in [3.05, 3.63) is 59.1 Å². The first kappa shape index (κ1) is 21.8. The molecule has 4 rings (SSSR count). The van der Waals surface area contributed by atoms with Crippen molar-refractivity contribution in [3.63, 3.8) is 0 Å². The molecule has 0 aliphatic carbocycles. The number of methoxy groups -OCH3 is 1. The third-order valence-electron chi connectivity index (χ3n) is 6.13. The normalized spacial score (nSPS) is 19.6. The summed E-state index contributed by atoms with van der Waals surface area (Å²) in [5.41, 5.74) is 1.44. The van der Waals surface area contributed by atoms with Crippen LogP contribution in [0.4, 0.5) is 4.79 Å². The number of Topliss-reactive ketones (excluding diaryl/α,β-unsaturated/α-hetero) is 1. The van der Waals surface area contributed by atoms with Crippen LogP contribution in [0.1, 0.15) is 47.4 Å². The van der Waals surface area contributed by atoms with E-state index >= 15 is 0 Å². The average molecular weight is 437 g/mol. The molecule has 0 spiro atoms. The molecule has 0 bridgehead atoms. The van der Waals surface area contributed by atoms with E-state index in [0.29, 0.717) is 23.5 Å². The standard InChI is InChI=1S/C24H27N3O5/c1-14-10-18(16(3)27(14)15(2)13-31-5)19(28)12-26-22(29)24(4,25-23(26)30)21-11-17-8-6-7-9-20(17)32-21/h6-11,15H,12-13H2,1-5H3,(H,25,30)/t15-,24+/m1/s1. The van der Waals surface area contributed by atoms with Crippen LogP contribution < -0.4 is 5.32 Å². The van der Waals surface area contributed by atoms with Crippen LogP contribution in [0.25, 0.3) is 11.0 Å². The van der Waals surface area contributed by atoms with Crippen LogP contribution >= 0.6 is 0 Å². The fourth-order valence-corrected chi connectivity index (χ4v) is 4.52. The number of hydrogen-bond acceptors (Lipinski definition) is 5. The van der Waals surface area contributed by atoms with Gasteiger partial charge in [0.15, 0.2) is 11.3 Å². The number of amides is 3. The van der Waals surface area contributed by atoms with Crippen LogP contribution in [0, 0.1) is 13.8 Å². The van der Waals surface area contributed by atoms with E-state index in [1.165, 1.54) is 0 Å². The number of imide groups is 1. The maximum atomic E-state index is 13.2. The van der Waals surface area contributed by atoms with Crippen LogP contribution in [0.2, 0.25) is 0 Å². The number of benzene rings is 1. The largest absolute Gasteiger partial charge is 0.458 e. The van der Waals surface area contributed by atoms with Crippen molar-refractivity contribution in [2.45, 2.75) is 39.3 Å². The molecule has 8 heteroatoms. The Hall–Kier alpha value is -3.39. The van der Waals surface area contributed by atoms with Gasteiger partial charge in [0.1, 0.15) is 11.3 Å². The van der Waals surface area contributed by atoms with Gasteiger partial charge in [-0.3, -0.25) is 14.5 Å². The second-order valence-corrected chi connectivity index (χ2v) is 8.48. The van der Waals surface area contributed by atoms with E-state index in [2.05, 4.69) is 5.32 Å². The van der Waals surface area contributed by atoms with Gasteiger partial charge in [-0.05, 0) is 45.9 Å². The molecule has 1 aliphatic heterocycles. The smallest absolute Gasteiger partial charge is 0.325 e. The Morgan fingerprint density at radius 2 is 1.94 bits per heavy atom. The summed E-state index contributed by atoms with van der Waals surface area (Å²) in [5, 5.41) is 3.53. The van der Waals surface area contributed by atoms with E-state index in [1.807, 2.05) is 43.5 Å². The number of furan rings is 1. The molecule has 32 heavy (non-hydrogen) atoms. The van der Waals surface area contributed by atoms with Gasteiger partial charge in [-0.2, -0.15) is 0 Å². The topological polar surface area (TPSA) is 93.8 Å². The number of para-hydroxylation sites is 1. The third-order valence-corrected chi connectivity index (χ3v) is 6.13. The summed E-state index contributed by atoms with van der Waals surface area (Å²) in [4.78, 5) is 40.0. The molecule has 3 aromatic rings. The lowest BCUT2D eigenvalue weighted by Crippen LogP contribution is -2.41. The number of nitrogens with one attached hydrogen (secondary N) is 1. The molecule has 1 saturated heterocycles. The van der Waals surface area contributed by atoms with E-state index in [4.69, 9.17) is 9.15 Å². The number of carbonyl (C=O) groups excluding carboxylic acids is 3. The molecule has 8 nitrogen and oxygen atoms in total. The van der Waals surface area contributed by atoms with Gasteiger partial charge in [0, 0.05) is 29.4 Å². The molecule has 1 aliphatic rings. The molecule has 1 fully saturated rings. The molecule has 1 N–H and O–H groups in total. The van der Waals surface area contributed by atoms with Gasteiger partial charge in [-0.1, -0.05) is 18.2 Å². The molecular formula is C24H27N3O5. The van der Waals surface area contributed by atoms with Gasteiger partial charge in [0.25, 0.3) is 5.91 Å². The van der Waals surface area contributed by atoms with E-state index < -0.39 is 17.5 Å².